The van der Waals surface area contributed by atoms with Gasteiger partial charge in [0.15, 0.2) is 0 Å². The molecule has 0 saturated heterocycles. The number of esters is 4. The molecule has 0 aliphatic carbocycles. The molecule has 0 unspecified atom stereocenters. The Kier molecular flexibility index (Phi) is 9.82. The first-order valence-corrected chi connectivity index (χ1v) is 6.66. The van der Waals surface area contributed by atoms with Crippen LogP contribution in [-0.4, -0.2) is 23.9 Å². The van der Waals surface area contributed by atoms with E-state index in [0.29, 0.717) is 12.8 Å². The van der Waals surface area contributed by atoms with Crippen LogP contribution >= 0.6 is 0 Å². The summed E-state index contributed by atoms with van der Waals surface area (Å²) in [6, 6.07) is 0. The second kappa shape index (κ2) is 10.9. The standard InChI is InChI=1S/C14H20O6/c1-3-5-7-11(15)19-13(17)9-10-14(18)20-12(16)8-6-4-2/h9-10H,3-8H2,1-2H3. The molecule has 112 valence electrons. The number of ether oxygens (including phenoxy) is 2. The average Bonchev–Trinajstić information content (AvgIpc) is 2.40. The minimum absolute atomic E-state index is 0.149. The molecular weight excluding hydrogens is 264 g/mol. The highest BCUT2D eigenvalue weighted by Crippen LogP contribution is 1.99. The van der Waals surface area contributed by atoms with Crippen molar-refractivity contribution in [2.24, 2.45) is 0 Å². The maximum absolute atomic E-state index is 11.2. The fraction of sp³-hybridized carbons (Fsp3) is 0.571. The zero-order valence-corrected chi connectivity index (χ0v) is 11.8. The Labute approximate surface area is 118 Å². The van der Waals surface area contributed by atoms with Crippen LogP contribution in [0.3, 0.4) is 0 Å². The van der Waals surface area contributed by atoms with Crippen LogP contribution in [-0.2, 0) is 28.7 Å². The number of hydrogen-bond donors (Lipinski definition) is 0. The highest BCUT2D eigenvalue weighted by molar-refractivity contribution is 5.98. The molecule has 6 heteroatoms. The molecule has 0 rings (SSSR count). The number of rotatable bonds is 8. The van der Waals surface area contributed by atoms with Crippen molar-refractivity contribution in [3.05, 3.63) is 12.2 Å². The van der Waals surface area contributed by atoms with Gasteiger partial charge in [0.05, 0.1) is 0 Å². The molecule has 0 aromatic heterocycles. The van der Waals surface area contributed by atoms with Crippen molar-refractivity contribution in [3.63, 3.8) is 0 Å². The van der Waals surface area contributed by atoms with Crippen molar-refractivity contribution in [2.75, 3.05) is 0 Å². The Bertz CT molecular complexity index is 347. The molecule has 0 bridgehead atoms. The van der Waals surface area contributed by atoms with Gasteiger partial charge in [-0.1, -0.05) is 26.7 Å². The summed E-state index contributed by atoms with van der Waals surface area (Å²) in [5.41, 5.74) is 0. The molecule has 0 aliphatic rings. The molecule has 0 fully saturated rings. The Hall–Kier alpha value is -1.98. The van der Waals surface area contributed by atoms with Crippen molar-refractivity contribution in [2.45, 2.75) is 52.4 Å². The van der Waals surface area contributed by atoms with Gasteiger partial charge in [0.2, 0.25) is 0 Å². The zero-order valence-electron chi connectivity index (χ0n) is 11.8. The highest BCUT2D eigenvalue weighted by Gasteiger charge is 2.10. The van der Waals surface area contributed by atoms with E-state index in [0.717, 1.165) is 25.0 Å². The van der Waals surface area contributed by atoms with Crippen LogP contribution in [0.2, 0.25) is 0 Å². The maximum atomic E-state index is 11.2. The van der Waals surface area contributed by atoms with E-state index in [4.69, 9.17) is 0 Å². The van der Waals surface area contributed by atoms with E-state index in [9.17, 15) is 19.2 Å². The first-order valence-electron chi connectivity index (χ1n) is 6.66. The molecule has 0 saturated carbocycles. The predicted octanol–water partition coefficient (Wildman–Crippen LogP) is 2.06. The van der Waals surface area contributed by atoms with Gasteiger partial charge in [0.1, 0.15) is 0 Å². The fourth-order valence-corrected chi connectivity index (χ4v) is 1.17. The summed E-state index contributed by atoms with van der Waals surface area (Å²) in [4.78, 5) is 44.5. The van der Waals surface area contributed by atoms with Crippen LogP contribution in [0.15, 0.2) is 12.2 Å². The molecule has 0 aromatic carbocycles. The lowest BCUT2D eigenvalue weighted by Gasteiger charge is -1.99. The third-order valence-corrected chi connectivity index (χ3v) is 2.25. The topological polar surface area (TPSA) is 86.7 Å². The summed E-state index contributed by atoms with van der Waals surface area (Å²) in [7, 11) is 0. The smallest absolute Gasteiger partial charge is 0.338 e. The second-order valence-electron chi connectivity index (χ2n) is 4.13. The van der Waals surface area contributed by atoms with Crippen LogP contribution in [0.25, 0.3) is 0 Å². The third-order valence-electron chi connectivity index (χ3n) is 2.25. The first-order chi connectivity index (χ1) is 9.49. The maximum Gasteiger partial charge on any atom is 0.338 e. The lowest BCUT2D eigenvalue weighted by molar-refractivity contribution is -0.159. The van der Waals surface area contributed by atoms with Gasteiger partial charge in [-0.25, -0.2) is 9.59 Å². The molecule has 20 heavy (non-hydrogen) atoms. The second-order valence-corrected chi connectivity index (χ2v) is 4.13. The van der Waals surface area contributed by atoms with Crippen molar-refractivity contribution in [1.82, 2.24) is 0 Å². The largest absolute Gasteiger partial charge is 0.390 e. The molecule has 0 aromatic rings. The molecule has 0 aliphatic heterocycles. The zero-order chi connectivity index (χ0) is 15.4. The van der Waals surface area contributed by atoms with Gasteiger partial charge < -0.3 is 9.47 Å². The molecular formula is C14H20O6. The van der Waals surface area contributed by atoms with E-state index in [2.05, 4.69) is 9.47 Å². The van der Waals surface area contributed by atoms with Crippen molar-refractivity contribution >= 4 is 23.9 Å². The van der Waals surface area contributed by atoms with Crippen LogP contribution in [0.5, 0.6) is 0 Å². The van der Waals surface area contributed by atoms with E-state index in [1.165, 1.54) is 0 Å². The van der Waals surface area contributed by atoms with Gasteiger partial charge in [-0.2, -0.15) is 0 Å². The predicted molar refractivity (Wildman–Crippen MR) is 70.4 cm³/mol. The van der Waals surface area contributed by atoms with Gasteiger partial charge >= 0.3 is 23.9 Å². The van der Waals surface area contributed by atoms with Crippen LogP contribution in [0.1, 0.15) is 52.4 Å². The van der Waals surface area contributed by atoms with E-state index in [1.807, 2.05) is 13.8 Å². The van der Waals surface area contributed by atoms with Gasteiger partial charge in [-0.05, 0) is 12.8 Å². The Balaban J connectivity index is 4.02. The fourth-order valence-electron chi connectivity index (χ4n) is 1.17. The average molecular weight is 284 g/mol. The Morgan fingerprint density at radius 1 is 0.750 bits per heavy atom. The molecule has 0 atom stereocenters. The molecule has 0 radical (unpaired) electrons. The highest BCUT2D eigenvalue weighted by atomic mass is 16.6. The van der Waals surface area contributed by atoms with Crippen molar-refractivity contribution in [3.8, 4) is 0 Å². The summed E-state index contributed by atoms with van der Waals surface area (Å²) in [5, 5.41) is 0. The summed E-state index contributed by atoms with van der Waals surface area (Å²) in [6.45, 7) is 3.81. The first kappa shape index (κ1) is 18.0. The summed E-state index contributed by atoms with van der Waals surface area (Å²) >= 11 is 0. The monoisotopic (exact) mass is 284 g/mol. The number of carbonyl (C=O) groups is 4. The van der Waals surface area contributed by atoms with Crippen molar-refractivity contribution < 1.29 is 28.7 Å². The summed E-state index contributed by atoms with van der Waals surface area (Å²) in [6.07, 6.45) is 4.70. The van der Waals surface area contributed by atoms with Crippen LogP contribution in [0.4, 0.5) is 0 Å². The normalized spacial score (nSPS) is 10.3. The Morgan fingerprint density at radius 2 is 1.10 bits per heavy atom. The van der Waals surface area contributed by atoms with Gasteiger partial charge in [-0.3, -0.25) is 9.59 Å². The molecule has 0 heterocycles. The van der Waals surface area contributed by atoms with Gasteiger partial charge in [-0.15, -0.1) is 0 Å². The summed E-state index contributed by atoms with van der Waals surface area (Å²) in [5.74, 6) is -3.20. The lowest BCUT2D eigenvalue weighted by Crippen LogP contribution is -2.12. The lowest BCUT2D eigenvalue weighted by atomic mass is 10.2. The number of carbonyl (C=O) groups excluding carboxylic acids is 4. The molecule has 0 N–H and O–H groups in total. The summed E-state index contributed by atoms with van der Waals surface area (Å²) < 4.78 is 8.83. The molecule has 0 spiro atoms. The van der Waals surface area contributed by atoms with E-state index < -0.39 is 23.9 Å². The van der Waals surface area contributed by atoms with E-state index in [-0.39, 0.29) is 12.8 Å². The van der Waals surface area contributed by atoms with Gasteiger partial charge in [0, 0.05) is 25.0 Å². The quantitative estimate of drug-likeness (QED) is 0.385. The van der Waals surface area contributed by atoms with E-state index in [1.54, 1.807) is 0 Å². The van der Waals surface area contributed by atoms with Crippen molar-refractivity contribution in [1.29, 1.82) is 0 Å². The number of unbranched alkanes of at least 4 members (excludes halogenated alkanes) is 2. The minimum atomic E-state index is -0.955. The minimum Gasteiger partial charge on any atom is -0.390 e. The van der Waals surface area contributed by atoms with Gasteiger partial charge in [0.25, 0.3) is 0 Å². The number of hydrogen-bond acceptors (Lipinski definition) is 6. The van der Waals surface area contributed by atoms with E-state index >= 15 is 0 Å². The Morgan fingerprint density at radius 3 is 1.40 bits per heavy atom. The van der Waals surface area contributed by atoms with Crippen LogP contribution in [0, 0.1) is 0 Å². The van der Waals surface area contributed by atoms with Crippen LogP contribution < -0.4 is 0 Å². The third kappa shape index (κ3) is 9.99. The SMILES string of the molecule is CCCCC(=O)OC(=O)C=CC(=O)OC(=O)CCCC. The molecule has 6 nitrogen and oxygen atoms in total. The molecule has 0 amide bonds.